The van der Waals surface area contributed by atoms with Crippen LogP contribution in [0.1, 0.15) is 50.5 Å². The van der Waals surface area contributed by atoms with Gasteiger partial charge in [-0.25, -0.2) is 17.5 Å². The number of benzene rings is 1. The van der Waals surface area contributed by atoms with Gasteiger partial charge in [0.15, 0.2) is 5.82 Å². The zero-order valence-corrected chi connectivity index (χ0v) is 19.1. The molecule has 4 bridgehead atoms. The number of nitrogens with one attached hydrogen (secondary N) is 2. The third kappa shape index (κ3) is 3.04. The highest BCUT2D eigenvalue weighted by Crippen LogP contribution is 2.68. The first kappa shape index (κ1) is 22.1. The Morgan fingerprint density at radius 1 is 1.22 bits per heavy atom. The van der Waals surface area contributed by atoms with Gasteiger partial charge in [0.05, 0.1) is 16.0 Å². The summed E-state index contributed by atoms with van der Waals surface area (Å²) in [6.45, 7) is 0.257. The molecule has 4 N–H and O–H groups in total. The highest BCUT2D eigenvalue weighted by atomic mass is 35.5. The maximum atomic E-state index is 15.5. The number of carbonyl (C=O) groups excluding carboxylic acids is 2. The summed E-state index contributed by atoms with van der Waals surface area (Å²) < 4.78 is 43.3. The van der Waals surface area contributed by atoms with E-state index in [1.54, 1.807) is 0 Å². The first-order valence-corrected chi connectivity index (χ1v) is 13.0. The molecule has 5 saturated carbocycles. The molecule has 1 aromatic rings. The van der Waals surface area contributed by atoms with Gasteiger partial charge in [0, 0.05) is 12.1 Å². The van der Waals surface area contributed by atoms with Gasteiger partial charge < -0.3 is 11.1 Å². The number of hydrogen-bond donors (Lipinski definition) is 3. The largest absolute Gasteiger partial charge is 0.369 e. The molecule has 32 heavy (non-hydrogen) atoms. The quantitative estimate of drug-likeness (QED) is 0.492. The second-order valence-corrected chi connectivity index (χ2v) is 12.2. The Morgan fingerprint density at radius 3 is 2.44 bits per heavy atom. The number of halogens is 2. The van der Waals surface area contributed by atoms with E-state index in [1.807, 2.05) is 0 Å². The van der Waals surface area contributed by atoms with E-state index in [-0.39, 0.29) is 29.0 Å². The SMILES string of the molecule is NC(=O)C12CC3CC(CC(C3)C1(NC=O)c1ccc(S(=O)(=O)NCC3CC3)c(F)c1Cl)C2. The zero-order chi connectivity index (χ0) is 22.9. The van der Waals surface area contributed by atoms with Crippen molar-refractivity contribution in [1.29, 1.82) is 0 Å². The highest BCUT2D eigenvalue weighted by Gasteiger charge is 2.69. The Hall–Kier alpha value is -1.71. The molecule has 3 unspecified atom stereocenters. The van der Waals surface area contributed by atoms with Crippen molar-refractivity contribution in [2.24, 2.45) is 34.8 Å². The molecule has 0 heterocycles. The van der Waals surface area contributed by atoms with Gasteiger partial charge in [0.2, 0.25) is 22.3 Å². The second-order valence-electron chi connectivity index (χ2n) is 10.1. The minimum Gasteiger partial charge on any atom is -0.369 e. The van der Waals surface area contributed by atoms with Gasteiger partial charge in [-0.3, -0.25) is 9.59 Å². The molecule has 7 nitrogen and oxygen atoms in total. The van der Waals surface area contributed by atoms with E-state index in [2.05, 4.69) is 10.0 Å². The summed E-state index contributed by atoms with van der Waals surface area (Å²) in [4.78, 5) is 24.2. The molecule has 174 valence electrons. The average molecular weight is 484 g/mol. The lowest BCUT2D eigenvalue weighted by atomic mass is 9.40. The van der Waals surface area contributed by atoms with E-state index >= 15 is 4.39 Å². The minimum absolute atomic E-state index is 0.140. The van der Waals surface area contributed by atoms with E-state index in [0.717, 1.165) is 32.1 Å². The third-order valence-electron chi connectivity index (χ3n) is 8.32. The molecule has 6 rings (SSSR count). The van der Waals surface area contributed by atoms with Gasteiger partial charge in [0.1, 0.15) is 4.90 Å². The number of amides is 2. The van der Waals surface area contributed by atoms with Crippen molar-refractivity contribution >= 4 is 33.9 Å². The van der Waals surface area contributed by atoms with Gasteiger partial charge in [-0.15, -0.1) is 0 Å². The average Bonchev–Trinajstić information content (AvgIpc) is 3.55. The smallest absolute Gasteiger partial charge is 0.243 e. The zero-order valence-electron chi connectivity index (χ0n) is 17.6. The monoisotopic (exact) mass is 483 g/mol. The Labute approximate surface area is 191 Å². The van der Waals surface area contributed by atoms with Crippen LogP contribution in [-0.2, 0) is 25.2 Å². The molecule has 5 fully saturated rings. The van der Waals surface area contributed by atoms with Crippen LogP contribution in [-0.4, -0.2) is 27.3 Å². The van der Waals surface area contributed by atoms with Crippen LogP contribution in [0.25, 0.3) is 0 Å². The van der Waals surface area contributed by atoms with Crippen LogP contribution >= 0.6 is 11.6 Å². The van der Waals surface area contributed by atoms with Crippen molar-refractivity contribution in [2.45, 2.75) is 55.4 Å². The molecule has 5 aliphatic carbocycles. The number of hydrogen-bond acceptors (Lipinski definition) is 4. The highest BCUT2D eigenvalue weighted by molar-refractivity contribution is 7.89. The molecule has 0 radical (unpaired) electrons. The predicted octanol–water partition coefficient (Wildman–Crippen LogP) is 2.42. The number of primary amides is 1. The van der Waals surface area contributed by atoms with E-state index in [4.69, 9.17) is 17.3 Å². The van der Waals surface area contributed by atoms with Crippen molar-refractivity contribution in [3.05, 3.63) is 28.5 Å². The summed E-state index contributed by atoms with van der Waals surface area (Å²) in [5.41, 5.74) is 3.83. The van der Waals surface area contributed by atoms with Crippen LogP contribution in [0.3, 0.4) is 0 Å². The fourth-order valence-electron chi connectivity index (χ4n) is 7.00. The molecule has 0 spiro atoms. The fourth-order valence-corrected chi connectivity index (χ4v) is 8.57. The van der Waals surface area contributed by atoms with Gasteiger partial charge in [-0.05, 0) is 74.7 Å². The van der Waals surface area contributed by atoms with Crippen LogP contribution < -0.4 is 15.8 Å². The summed E-state index contributed by atoms with van der Waals surface area (Å²) in [6, 6.07) is 2.63. The van der Waals surface area contributed by atoms with Gasteiger partial charge in [0.25, 0.3) is 0 Å². The van der Waals surface area contributed by atoms with Crippen LogP contribution in [0.2, 0.25) is 5.02 Å². The van der Waals surface area contributed by atoms with E-state index in [9.17, 15) is 18.0 Å². The van der Waals surface area contributed by atoms with Crippen LogP contribution in [0.4, 0.5) is 4.39 Å². The molecular weight excluding hydrogens is 457 g/mol. The lowest BCUT2D eigenvalue weighted by Crippen LogP contribution is -2.72. The van der Waals surface area contributed by atoms with Gasteiger partial charge in [-0.2, -0.15) is 0 Å². The van der Waals surface area contributed by atoms with Crippen LogP contribution in [0, 0.1) is 34.9 Å². The first-order valence-electron chi connectivity index (χ1n) is 11.1. The van der Waals surface area contributed by atoms with Crippen molar-refractivity contribution in [3.63, 3.8) is 0 Å². The molecule has 3 atom stereocenters. The molecule has 2 amide bonds. The predicted molar refractivity (Wildman–Crippen MR) is 115 cm³/mol. The van der Waals surface area contributed by atoms with Crippen molar-refractivity contribution < 1.29 is 22.4 Å². The normalized spacial score (nSPS) is 35.6. The number of nitrogens with two attached hydrogens (primary N) is 1. The summed E-state index contributed by atoms with van der Waals surface area (Å²) in [5.74, 6) is -0.837. The number of carbonyl (C=O) groups is 2. The molecule has 0 aromatic heterocycles. The second kappa shape index (κ2) is 7.40. The van der Waals surface area contributed by atoms with Crippen LogP contribution in [0.15, 0.2) is 17.0 Å². The Kier molecular flexibility index (Phi) is 5.11. The molecule has 5 aliphatic rings. The minimum atomic E-state index is -4.09. The maximum absolute atomic E-state index is 15.5. The van der Waals surface area contributed by atoms with Crippen molar-refractivity contribution in [3.8, 4) is 0 Å². The van der Waals surface area contributed by atoms with E-state index in [0.29, 0.717) is 31.1 Å². The molecule has 0 aliphatic heterocycles. The number of rotatable bonds is 8. The number of sulfonamides is 1. The molecule has 1 aromatic carbocycles. The first-order chi connectivity index (χ1) is 15.1. The third-order valence-corrected chi connectivity index (χ3v) is 10.1. The van der Waals surface area contributed by atoms with E-state index in [1.165, 1.54) is 12.1 Å². The van der Waals surface area contributed by atoms with Crippen molar-refractivity contribution in [2.75, 3.05) is 6.54 Å². The molecule has 0 saturated heterocycles. The molecule has 10 heteroatoms. The van der Waals surface area contributed by atoms with E-state index < -0.39 is 37.6 Å². The lowest BCUT2D eigenvalue weighted by Gasteiger charge is -2.66. The standard InChI is InChI=1S/C22H27ClFN3O4S/c23-18-16(3-4-17(19(18)24)32(30,31)27-10-12-1-2-12)22(26-11-28)15-6-13-5-14(7-15)9-21(22,8-13)20(25)29/h3-4,11-15,27H,1-2,5-10H2,(H2,25,29)(H,26,28). The van der Waals surface area contributed by atoms with Gasteiger partial charge in [-0.1, -0.05) is 17.7 Å². The van der Waals surface area contributed by atoms with Crippen molar-refractivity contribution in [1.82, 2.24) is 10.0 Å². The van der Waals surface area contributed by atoms with Crippen LogP contribution in [0.5, 0.6) is 0 Å². The summed E-state index contributed by atoms with van der Waals surface area (Å²) in [5, 5.41) is 2.47. The summed E-state index contributed by atoms with van der Waals surface area (Å²) in [6.07, 6.45) is 5.97. The fraction of sp³-hybridized carbons (Fsp3) is 0.636. The summed E-state index contributed by atoms with van der Waals surface area (Å²) >= 11 is 6.49. The van der Waals surface area contributed by atoms with Gasteiger partial charge >= 0.3 is 0 Å². The topological polar surface area (TPSA) is 118 Å². The maximum Gasteiger partial charge on any atom is 0.243 e. The Bertz CT molecular complexity index is 1080. The summed E-state index contributed by atoms with van der Waals surface area (Å²) in [7, 11) is -4.09. The lowest BCUT2D eigenvalue weighted by molar-refractivity contribution is -0.171. The Balaban J connectivity index is 1.63. The molecular formula is C22H27ClFN3O4S. The Morgan fingerprint density at radius 2 is 1.88 bits per heavy atom.